The molecule has 0 spiro atoms. The summed E-state index contributed by atoms with van der Waals surface area (Å²) in [5.74, 6) is 1.31. The normalized spacial score (nSPS) is 12.0. The number of H-pyrrole nitrogens is 1. The van der Waals surface area contributed by atoms with E-state index in [0.717, 1.165) is 16.6 Å². The first-order chi connectivity index (χ1) is 14.6. The second kappa shape index (κ2) is 8.50. The average molecular weight is 424 g/mol. The maximum atomic E-state index is 12.6. The largest absolute Gasteiger partial charge is 0.497 e. The van der Waals surface area contributed by atoms with E-state index in [1.54, 1.807) is 32.2 Å². The van der Waals surface area contributed by atoms with Crippen LogP contribution in [-0.4, -0.2) is 40.6 Å². The van der Waals surface area contributed by atoms with Gasteiger partial charge in [0.2, 0.25) is 5.91 Å². The number of para-hydroxylation sites is 1. The molecule has 2 heterocycles. The van der Waals surface area contributed by atoms with E-state index in [9.17, 15) is 4.79 Å². The van der Waals surface area contributed by atoms with Crippen molar-refractivity contribution in [2.24, 2.45) is 0 Å². The number of anilines is 1. The summed E-state index contributed by atoms with van der Waals surface area (Å²) >= 11 is 1.18. The number of aromatic nitrogens is 3. The molecule has 4 aromatic rings. The minimum Gasteiger partial charge on any atom is -0.497 e. The summed E-state index contributed by atoms with van der Waals surface area (Å²) in [4.78, 5) is 15.9. The number of thioether (sulfide) groups is 1. The quantitative estimate of drug-likeness (QED) is 0.425. The van der Waals surface area contributed by atoms with Crippen molar-refractivity contribution in [3.63, 3.8) is 0 Å². The Morgan fingerprint density at radius 1 is 1.13 bits per heavy atom. The Balaban J connectivity index is 1.44. The molecule has 0 saturated heterocycles. The van der Waals surface area contributed by atoms with Crippen molar-refractivity contribution in [3.05, 3.63) is 48.5 Å². The van der Waals surface area contributed by atoms with Gasteiger partial charge in [-0.1, -0.05) is 30.0 Å². The molecule has 0 aliphatic heterocycles. The monoisotopic (exact) mass is 424 g/mol. The zero-order valence-electron chi connectivity index (χ0n) is 16.6. The van der Waals surface area contributed by atoms with Gasteiger partial charge in [-0.05, 0) is 31.2 Å². The smallest absolute Gasteiger partial charge is 0.277 e. The predicted octanol–water partition coefficient (Wildman–Crippen LogP) is 4.35. The summed E-state index contributed by atoms with van der Waals surface area (Å²) < 4.78 is 16.2. The lowest BCUT2D eigenvalue weighted by atomic mass is 10.2. The number of aromatic amines is 1. The summed E-state index contributed by atoms with van der Waals surface area (Å²) in [6, 6.07) is 15.0. The van der Waals surface area contributed by atoms with Crippen molar-refractivity contribution in [2.45, 2.75) is 17.4 Å². The fourth-order valence-corrected chi connectivity index (χ4v) is 3.58. The van der Waals surface area contributed by atoms with Gasteiger partial charge in [0.05, 0.1) is 25.2 Å². The molecule has 8 nitrogen and oxygen atoms in total. The van der Waals surface area contributed by atoms with Crippen LogP contribution in [0.25, 0.3) is 22.5 Å². The number of amides is 1. The molecule has 0 aliphatic rings. The van der Waals surface area contributed by atoms with Crippen molar-refractivity contribution >= 4 is 34.3 Å². The topological polar surface area (TPSA) is 102 Å². The van der Waals surface area contributed by atoms with Crippen molar-refractivity contribution < 1.29 is 18.7 Å². The van der Waals surface area contributed by atoms with Crippen LogP contribution in [0.3, 0.4) is 0 Å². The minimum absolute atomic E-state index is 0.214. The van der Waals surface area contributed by atoms with Crippen LogP contribution in [0.5, 0.6) is 11.5 Å². The Morgan fingerprint density at radius 2 is 1.97 bits per heavy atom. The van der Waals surface area contributed by atoms with E-state index in [0.29, 0.717) is 28.3 Å². The van der Waals surface area contributed by atoms with Crippen molar-refractivity contribution in [1.29, 1.82) is 0 Å². The molecule has 0 saturated carbocycles. The number of ether oxygens (including phenoxy) is 2. The number of hydrogen-bond donors (Lipinski definition) is 2. The van der Waals surface area contributed by atoms with E-state index < -0.39 is 5.25 Å². The van der Waals surface area contributed by atoms with Crippen LogP contribution in [0.4, 0.5) is 5.69 Å². The molecule has 0 aliphatic carbocycles. The molecule has 0 unspecified atom stereocenters. The van der Waals surface area contributed by atoms with E-state index in [1.165, 1.54) is 18.9 Å². The van der Waals surface area contributed by atoms with Crippen molar-refractivity contribution in [1.82, 2.24) is 15.2 Å². The van der Waals surface area contributed by atoms with Crippen LogP contribution in [-0.2, 0) is 4.79 Å². The van der Waals surface area contributed by atoms with E-state index in [-0.39, 0.29) is 5.91 Å². The Bertz CT molecular complexity index is 1150. The fourth-order valence-electron chi connectivity index (χ4n) is 2.90. The highest BCUT2D eigenvalue weighted by Crippen LogP contribution is 2.31. The van der Waals surface area contributed by atoms with Crippen LogP contribution in [0, 0.1) is 0 Å². The number of nitrogens with zero attached hydrogens (tertiary/aromatic N) is 2. The summed E-state index contributed by atoms with van der Waals surface area (Å²) in [7, 11) is 3.10. The van der Waals surface area contributed by atoms with E-state index in [4.69, 9.17) is 13.9 Å². The highest BCUT2D eigenvalue weighted by atomic mass is 32.2. The van der Waals surface area contributed by atoms with Gasteiger partial charge in [0, 0.05) is 17.0 Å². The molecule has 1 amide bonds. The third kappa shape index (κ3) is 4.11. The molecule has 4 rings (SSSR count). The highest BCUT2D eigenvalue weighted by molar-refractivity contribution is 8.00. The van der Waals surface area contributed by atoms with Crippen LogP contribution in [0.15, 0.2) is 58.2 Å². The van der Waals surface area contributed by atoms with Gasteiger partial charge >= 0.3 is 0 Å². The second-order valence-corrected chi connectivity index (χ2v) is 7.75. The number of nitrogens with one attached hydrogen (secondary N) is 2. The number of rotatable bonds is 7. The molecule has 2 aromatic carbocycles. The molecule has 0 bridgehead atoms. The van der Waals surface area contributed by atoms with Gasteiger partial charge in [-0.25, -0.2) is 0 Å². The van der Waals surface area contributed by atoms with Gasteiger partial charge in [-0.15, -0.1) is 10.2 Å². The van der Waals surface area contributed by atoms with Crippen molar-refractivity contribution in [3.8, 4) is 23.1 Å². The average Bonchev–Trinajstić information content (AvgIpc) is 3.40. The highest BCUT2D eigenvalue weighted by Gasteiger charge is 2.20. The molecular weight excluding hydrogens is 404 g/mol. The molecule has 154 valence electrons. The molecule has 0 radical (unpaired) electrons. The standard InChI is InChI=1S/C21H20N4O4S/c1-12(19(26)23-16-9-8-14(27-2)11-18(16)28-3)30-21-25-24-20(29-21)17-10-13-6-4-5-7-15(13)22-17/h4-12,22H,1-3H3,(H,23,26)/t12-/m0/s1. The lowest BCUT2D eigenvalue weighted by Crippen LogP contribution is -2.22. The molecular formula is C21H20N4O4S. The fraction of sp³-hybridized carbons (Fsp3) is 0.190. The summed E-state index contributed by atoms with van der Waals surface area (Å²) in [6.45, 7) is 1.77. The summed E-state index contributed by atoms with van der Waals surface area (Å²) in [5.41, 5.74) is 2.27. The molecule has 2 N–H and O–H groups in total. The molecule has 2 aromatic heterocycles. The second-order valence-electron chi connectivity index (χ2n) is 6.46. The Hall–Kier alpha value is -3.46. The SMILES string of the molecule is COc1ccc(NC(=O)[C@H](C)Sc2nnc(-c3cc4ccccc4[nH]3)o2)c(OC)c1. The number of carbonyl (C=O) groups is 1. The number of methoxy groups -OCH3 is 2. The summed E-state index contributed by atoms with van der Waals surface area (Å²) in [6.07, 6.45) is 0. The third-order valence-electron chi connectivity index (χ3n) is 4.48. The van der Waals surface area contributed by atoms with Crippen LogP contribution >= 0.6 is 11.8 Å². The van der Waals surface area contributed by atoms with Crippen LogP contribution < -0.4 is 14.8 Å². The molecule has 30 heavy (non-hydrogen) atoms. The Morgan fingerprint density at radius 3 is 2.73 bits per heavy atom. The number of benzene rings is 2. The lowest BCUT2D eigenvalue weighted by molar-refractivity contribution is -0.115. The molecule has 0 fully saturated rings. The number of hydrogen-bond acceptors (Lipinski definition) is 7. The molecule has 9 heteroatoms. The Labute approximate surface area is 177 Å². The third-order valence-corrected chi connectivity index (χ3v) is 5.41. The zero-order chi connectivity index (χ0) is 21.1. The van der Waals surface area contributed by atoms with E-state index >= 15 is 0 Å². The van der Waals surface area contributed by atoms with E-state index in [2.05, 4.69) is 20.5 Å². The van der Waals surface area contributed by atoms with Gasteiger partial charge in [0.15, 0.2) is 0 Å². The maximum absolute atomic E-state index is 12.6. The first-order valence-corrected chi connectivity index (χ1v) is 10.1. The lowest BCUT2D eigenvalue weighted by Gasteiger charge is -2.13. The van der Waals surface area contributed by atoms with Gasteiger partial charge in [-0.3, -0.25) is 4.79 Å². The zero-order valence-corrected chi connectivity index (χ0v) is 17.4. The van der Waals surface area contributed by atoms with Gasteiger partial charge in [0.1, 0.15) is 17.2 Å². The van der Waals surface area contributed by atoms with Crippen LogP contribution in [0.1, 0.15) is 6.92 Å². The minimum atomic E-state index is -0.465. The first-order valence-electron chi connectivity index (χ1n) is 9.18. The molecule has 1 atom stereocenters. The van der Waals surface area contributed by atoms with Crippen LogP contribution in [0.2, 0.25) is 0 Å². The van der Waals surface area contributed by atoms with Gasteiger partial charge in [-0.2, -0.15) is 0 Å². The summed E-state index contributed by atoms with van der Waals surface area (Å²) in [5, 5.41) is 11.9. The first kappa shape index (κ1) is 19.8. The maximum Gasteiger partial charge on any atom is 0.277 e. The van der Waals surface area contributed by atoms with E-state index in [1.807, 2.05) is 30.3 Å². The Kier molecular flexibility index (Phi) is 5.62. The van der Waals surface area contributed by atoms with Gasteiger partial charge in [0.25, 0.3) is 11.1 Å². The number of fused-ring (bicyclic) bond motifs is 1. The predicted molar refractivity (Wildman–Crippen MR) is 115 cm³/mol. The number of carbonyl (C=O) groups excluding carboxylic acids is 1. The van der Waals surface area contributed by atoms with Crippen molar-refractivity contribution in [2.75, 3.05) is 19.5 Å². The van der Waals surface area contributed by atoms with Gasteiger partial charge < -0.3 is 24.2 Å².